The number of nitrogens with zero attached hydrogens (tertiary/aromatic N) is 3. The molecule has 0 amide bonds. The number of anilines is 1. The Labute approximate surface area is 200 Å². The van der Waals surface area contributed by atoms with E-state index < -0.39 is 0 Å². The van der Waals surface area contributed by atoms with Crippen LogP contribution in [0.25, 0.3) is 0 Å². The third-order valence-electron chi connectivity index (χ3n) is 7.30. The summed E-state index contributed by atoms with van der Waals surface area (Å²) in [5, 5.41) is 4.01. The van der Waals surface area contributed by atoms with Crippen LogP contribution in [0.15, 0.2) is 49.2 Å². The summed E-state index contributed by atoms with van der Waals surface area (Å²) in [6, 6.07) is 10.1. The van der Waals surface area contributed by atoms with E-state index in [1.807, 2.05) is 6.20 Å². The smallest absolute Gasteiger partial charge is 0.0375 e. The van der Waals surface area contributed by atoms with Gasteiger partial charge >= 0.3 is 0 Å². The van der Waals surface area contributed by atoms with Gasteiger partial charge in [0.1, 0.15) is 0 Å². The molecular formula is C27H42N4S. The van der Waals surface area contributed by atoms with Crippen molar-refractivity contribution in [3.8, 4) is 0 Å². The molecule has 5 heteroatoms. The second kappa shape index (κ2) is 12.2. The van der Waals surface area contributed by atoms with E-state index in [-0.39, 0.29) is 0 Å². The minimum absolute atomic E-state index is 0.578. The Morgan fingerprint density at radius 1 is 0.969 bits per heavy atom. The Morgan fingerprint density at radius 3 is 2.34 bits per heavy atom. The Bertz CT molecular complexity index is 718. The number of nitrogens with one attached hydrogen (secondary N) is 1. The van der Waals surface area contributed by atoms with Gasteiger partial charge in [0, 0.05) is 62.2 Å². The first-order chi connectivity index (χ1) is 15.7. The van der Waals surface area contributed by atoms with Crippen LogP contribution in [0.1, 0.15) is 56.9 Å². The molecule has 1 aliphatic carbocycles. The molecule has 0 aromatic heterocycles. The summed E-state index contributed by atoms with van der Waals surface area (Å²) >= 11 is 2.07. The summed E-state index contributed by atoms with van der Waals surface area (Å²) < 4.78 is 2.58. The molecule has 4 nitrogen and oxygen atoms in total. The number of allylic oxidation sites excluding steroid dienone is 1. The number of piperidine rings is 1. The topological polar surface area (TPSA) is 21.8 Å². The standard InChI is InChI=1S/C27H42N4S/c1-3-5-16-29-19-21-30(22-20-29)26-10-6-23(7-11-26)24-8-12-27(13-9-24)32-31-17-14-25(15-18-31)28-4-2/h4,6-8,10-12,24-25,27-28H,2-3,5,9,13-22H2,1H3. The van der Waals surface area contributed by atoms with Crippen LogP contribution in [-0.4, -0.2) is 66.3 Å². The second-order valence-electron chi connectivity index (χ2n) is 9.56. The van der Waals surface area contributed by atoms with E-state index in [4.69, 9.17) is 0 Å². The van der Waals surface area contributed by atoms with E-state index in [0.717, 1.165) is 13.1 Å². The van der Waals surface area contributed by atoms with Gasteiger partial charge in [-0.1, -0.05) is 56.2 Å². The molecule has 0 radical (unpaired) electrons. The molecule has 0 bridgehead atoms. The van der Waals surface area contributed by atoms with E-state index >= 15 is 0 Å². The monoisotopic (exact) mass is 454 g/mol. The van der Waals surface area contributed by atoms with Crippen LogP contribution >= 0.6 is 11.9 Å². The third-order valence-corrected chi connectivity index (χ3v) is 8.63. The molecule has 2 saturated heterocycles. The molecule has 4 rings (SSSR count). The van der Waals surface area contributed by atoms with Gasteiger partial charge in [0.2, 0.25) is 0 Å². The minimum atomic E-state index is 0.578. The fourth-order valence-electron chi connectivity index (χ4n) is 5.19. The number of hydrogen-bond donors (Lipinski definition) is 1. The summed E-state index contributed by atoms with van der Waals surface area (Å²) in [6.45, 7) is 14.4. The Hall–Kier alpha value is -1.43. The predicted molar refractivity (Wildman–Crippen MR) is 140 cm³/mol. The van der Waals surface area contributed by atoms with Gasteiger partial charge in [0.25, 0.3) is 0 Å². The zero-order valence-corrected chi connectivity index (χ0v) is 20.7. The van der Waals surface area contributed by atoms with Crippen molar-refractivity contribution in [3.63, 3.8) is 0 Å². The highest BCUT2D eigenvalue weighted by Gasteiger charge is 2.24. The molecule has 2 fully saturated rings. The van der Waals surface area contributed by atoms with Gasteiger partial charge < -0.3 is 10.2 Å². The zero-order valence-electron chi connectivity index (χ0n) is 19.9. The van der Waals surface area contributed by atoms with Crippen molar-refractivity contribution in [1.82, 2.24) is 14.5 Å². The Kier molecular flexibility index (Phi) is 9.01. The van der Waals surface area contributed by atoms with E-state index in [9.17, 15) is 0 Å². The lowest BCUT2D eigenvalue weighted by molar-refractivity contribution is 0.254. The summed E-state index contributed by atoms with van der Waals surface area (Å²) in [4.78, 5) is 5.18. The van der Waals surface area contributed by atoms with Gasteiger partial charge in [-0.3, -0.25) is 4.90 Å². The van der Waals surface area contributed by atoms with Crippen molar-refractivity contribution < 1.29 is 0 Å². The van der Waals surface area contributed by atoms with Gasteiger partial charge in [-0.05, 0) is 62.5 Å². The van der Waals surface area contributed by atoms with Gasteiger partial charge in [-0.25, -0.2) is 4.31 Å². The van der Waals surface area contributed by atoms with Crippen LogP contribution in [0.2, 0.25) is 0 Å². The van der Waals surface area contributed by atoms with Crippen molar-refractivity contribution in [3.05, 3.63) is 54.8 Å². The largest absolute Gasteiger partial charge is 0.389 e. The molecule has 1 N–H and O–H groups in total. The van der Waals surface area contributed by atoms with Gasteiger partial charge in [-0.2, -0.15) is 0 Å². The maximum atomic E-state index is 3.80. The fraction of sp³-hybridized carbons (Fsp3) is 0.630. The number of hydrogen-bond acceptors (Lipinski definition) is 5. The van der Waals surface area contributed by atoms with Gasteiger partial charge in [-0.15, -0.1) is 0 Å². The van der Waals surface area contributed by atoms with Crippen LogP contribution in [0.4, 0.5) is 5.69 Å². The second-order valence-corrected chi connectivity index (χ2v) is 10.9. The summed E-state index contributed by atoms with van der Waals surface area (Å²) in [6.07, 6.45) is 14.4. The summed E-state index contributed by atoms with van der Waals surface area (Å²) in [7, 11) is 0. The van der Waals surface area contributed by atoms with E-state index in [1.54, 1.807) is 0 Å². The van der Waals surface area contributed by atoms with E-state index in [1.165, 1.54) is 82.5 Å². The average molecular weight is 455 g/mol. The molecular weight excluding hydrogens is 412 g/mol. The highest BCUT2D eigenvalue weighted by molar-refractivity contribution is 7.97. The van der Waals surface area contributed by atoms with E-state index in [0.29, 0.717) is 17.2 Å². The molecule has 2 unspecified atom stereocenters. The quantitative estimate of drug-likeness (QED) is 0.405. The van der Waals surface area contributed by atoms with Crippen molar-refractivity contribution in [2.24, 2.45) is 0 Å². The average Bonchev–Trinajstić information content (AvgIpc) is 2.85. The molecule has 2 aliphatic heterocycles. The number of unbranched alkanes of at least 4 members (excludes halogenated alkanes) is 1. The zero-order chi connectivity index (χ0) is 22.2. The molecule has 32 heavy (non-hydrogen) atoms. The molecule has 0 spiro atoms. The first-order valence-corrected chi connectivity index (χ1v) is 13.6. The fourth-order valence-corrected chi connectivity index (χ4v) is 6.40. The summed E-state index contributed by atoms with van der Waals surface area (Å²) in [5.74, 6) is 0.578. The van der Waals surface area contributed by atoms with E-state index in [2.05, 4.69) is 81.3 Å². The number of piperazine rings is 1. The first kappa shape index (κ1) is 23.7. The Balaban J connectivity index is 1.22. The van der Waals surface area contributed by atoms with Crippen LogP contribution < -0.4 is 10.2 Å². The van der Waals surface area contributed by atoms with Crippen molar-refractivity contribution in [1.29, 1.82) is 0 Å². The van der Waals surface area contributed by atoms with Crippen molar-refractivity contribution >= 4 is 17.6 Å². The van der Waals surface area contributed by atoms with Crippen LogP contribution in [0, 0.1) is 0 Å². The molecule has 0 saturated carbocycles. The predicted octanol–water partition coefficient (Wildman–Crippen LogP) is 5.26. The summed E-state index contributed by atoms with van der Waals surface area (Å²) in [5.41, 5.74) is 2.87. The molecule has 1 aromatic carbocycles. The van der Waals surface area contributed by atoms with Crippen molar-refractivity contribution in [2.45, 2.75) is 62.7 Å². The molecule has 176 valence electrons. The lowest BCUT2D eigenvalue weighted by Crippen LogP contribution is -2.46. The van der Waals surface area contributed by atoms with Gasteiger partial charge in [0.05, 0.1) is 0 Å². The lowest BCUT2D eigenvalue weighted by Gasteiger charge is -2.36. The molecule has 2 atom stereocenters. The van der Waals surface area contributed by atoms with Crippen LogP contribution in [0.3, 0.4) is 0 Å². The molecule has 3 aliphatic rings. The highest BCUT2D eigenvalue weighted by atomic mass is 32.2. The maximum Gasteiger partial charge on any atom is 0.0375 e. The molecule has 2 heterocycles. The van der Waals surface area contributed by atoms with Crippen LogP contribution in [-0.2, 0) is 0 Å². The maximum absolute atomic E-state index is 3.80. The number of benzene rings is 1. The van der Waals surface area contributed by atoms with Crippen molar-refractivity contribution in [2.75, 3.05) is 50.7 Å². The third kappa shape index (κ3) is 6.55. The highest BCUT2D eigenvalue weighted by Crippen LogP contribution is 2.35. The SMILES string of the molecule is C=CNC1CCN(SC2C=CC(c3ccc(N4CCN(CCCC)CC4)cc3)CC2)CC1. The molecule has 1 aromatic rings. The normalized spacial score (nSPS) is 25.7. The minimum Gasteiger partial charge on any atom is -0.389 e. The lowest BCUT2D eigenvalue weighted by atomic mass is 9.89. The van der Waals surface area contributed by atoms with Gasteiger partial charge in [0.15, 0.2) is 0 Å². The number of rotatable bonds is 9. The Morgan fingerprint density at radius 2 is 1.72 bits per heavy atom. The van der Waals surface area contributed by atoms with Crippen LogP contribution in [0.5, 0.6) is 0 Å². The first-order valence-electron chi connectivity index (χ1n) is 12.8.